The van der Waals surface area contributed by atoms with Crippen LogP contribution in [0.5, 0.6) is 0 Å². The zero-order chi connectivity index (χ0) is 30.6. The Morgan fingerprint density at radius 2 is 1.72 bits per heavy atom. The largest absolute Gasteiger partial charge is 0.466 e. The fraction of sp³-hybridized carbons (Fsp3) is 0.156. The van der Waals surface area contributed by atoms with E-state index in [4.69, 9.17) is 4.74 Å². The van der Waals surface area contributed by atoms with E-state index in [0.717, 1.165) is 16.0 Å². The molecule has 0 spiro atoms. The average molecular weight is 615 g/mol. The second-order valence-corrected chi connectivity index (χ2v) is 11.1. The molecule has 0 saturated heterocycles. The molecule has 0 bridgehead atoms. The van der Waals surface area contributed by atoms with E-state index in [-0.39, 0.29) is 29.7 Å². The fourth-order valence-electron chi connectivity index (χ4n) is 3.81. The number of ether oxygens (including phenoxy) is 1. The van der Waals surface area contributed by atoms with Gasteiger partial charge in [-0.25, -0.2) is 4.98 Å². The summed E-state index contributed by atoms with van der Waals surface area (Å²) in [6.45, 7) is 3.99. The highest BCUT2D eigenvalue weighted by atomic mass is 32.2. The number of rotatable bonds is 12. The molecule has 9 nitrogen and oxygen atoms in total. The number of nitrogens with one attached hydrogen (secondary N) is 3. The summed E-state index contributed by atoms with van der Waals surface area (Å²) in [5.41, 5.74) is 3.40. The lowest BCUT2D eigenvalue weighted by atomic mass is 10.1. The molecule has 0 radical (unpaired) electrons. The van der Waals surface area contributed by atoms with Gasteiger partial charge in [0.05, 0.1) is 24.5 Å². The maximum atomic E-state index is 13.3. The first-order valence-corrected chi connectivity index (χ1v) is 15.2. The van der Waals surface area contributed by atoms with Crippen molar-refractivity contribution in [3.8, 4) is 0 Å². The molecule has 0 saturated carbocycles. The number of hydrogen-bond donors (Lipinski definition) is 3. The molecule has 4 aromatic rings. The van der Waals surface area contributed by atoms with Crippen molar-refractivity contribution < 1.29 is 23.9 Å². The number of aryl methyl sites for hydroxylation is 1. The SMILES string of the molecule is CCOC(=O)Cc1csc(NC(=O)CSc2ccc(NC(=O)/C(=C/c3cccc(C)c3)NC(=O)c3ccccc3)cc2)n1. The van der Waals surface area contributed by atoms with Crippen LogP contribution in [0.15, 0.2) is 94.8 Å². The minimum absolute atomic E-state index is 0.0560. The molecule has 0 unspecified atom stereocenters. The topological polar surface area (TPSA) is 126 Å². The molecule has 3 aromatic carbocycles. The predicted octanol–water partition coefficient (Wildman–Crippen LogP) is 5.70. The lowest BCUT2D eigenvalue weighted by Crippen LogP contribution is -2.30. The number of benzene rings is 3. The maximum Gasteiger partial charge on any atom is 0.311 e. The van der Waals surface area contributed by atoms with E-state index in [1.54, 1.807) is 66.9 Å². The number of carbonyl (C=O) groups excluding carboxylic acids is 4. The molecule has 0 aliphatic heterocycles. The summed E-state index contributed by atoms with van der Waals surface area (Å²) >= 11 is 2.57. The van der Waals surface area contributed by atoms with Gasteiger partial charge < -0.3 is 20.7 Å². The fourth-order valence-corrected chi connectivity index (χ4v) is 5.24. The first-order valence-electron chi connectivity index (χ1n) is 13.4. The van der Waals surface area contributed by atoms with Gasteiger partial charge in [0.25, 0.3) is 11.8 Å². The number of aromatic nitrogens is 1. The molecule has 0 aliphatic carbocycles. The van der Waals surface area contributed by atoms with Crippen molar-refractivity contribution in [3.63, 3.8) is 0 Å². The number of carbonyl (C=O) groups is 4. The number of esters is 1. The second-order valence-electron chi connectivity index (χ2n) is 9.23. The van der Waals surface area contributed by atoms with Crippen LogP contribution in [0, 0.1) is 6.92 Å². The summed E-state index contributed by atoms with van der Waals surface area (Å²) in [5.74, 6) is -1.33. The van der Waals surface area contributed by atoms with Crippen molar-refractivity contribution >= 4 is 63.7 Å². The van der Waals surface area contributed by atoms with Crippen molar-refractivity contribution in [2.75, 3.05) is 23.0 Å². The van der Waals surface area contributed by atoms with Crippen LogP contribution in [0.25, 0.3) is 6.08 Å². The van der Waals surface area contributed by atoms with Gasteiger partial charge in [-0.3, -0.25) is 19.2 Å². The second kappa shape index (κ2) is 15.5. The molecule has 0 fully saturated rings. The highest BCUT2D eigenvalue weighted by molar-refractivity contribution is 8.00. The lowest BCUT2D eigenvalue weighted by Gasteiger charge is -2.12. The van der Waals surface area contributed by atoms with Gasteiger partial charge in [0, 0.05) is 21.5 Å². The monoisotopic (exact) mass is 614 g/mol. The normalized spacial score (nSPS) is 11.0. The van der Waals surface area contributed by atoms with E-state index < -0.39 is 11.8 Å². The molecule has 3 N–H and O–H groups in total. The van der Waals surface area contributed by atoms with Crippen LogP contribution in [0.1, 0.15) is 34.1 Å². The summed E-state index contributed by atoms with van der Waals surface area (Å²) in [6.07, 6.45) is 1.69. The van der Waals surface area contributed by atoms with Crippen LogP contribution in [0.2, 0.25) is 0 Å². The molecule has 11 heteroatoms. The van der Waals surface area contributed by atoms with Gasteiger partial charge in [-0.1, -0.05) is 48.0 Å². The lowest BCUT2D eigenvalue weighted by molar-refractivity contribution is -0.142. The third-order valence-corrected chi connectivity index (χ3v) is 7.61. The van der Waals surface area contributed by atoms with Crippen molar-refractivity contribution in [3.05, 3.63) is 112 Å². The molecule has 43 heavy (non-hydrogen) atoms. The first kappa shape index (κ1) is 31.2. The zero-order valence-corrected chi connectivity index (χ0v) is 25.2. The van der Waals surface area contributed by atoms with E-state index in [2.05, 4.69) is 20.9 Å². The Kier molecular flexibility index (Phi) is 11.2. The number of nitrogens with zero attached hydrogens (tertiary/aromatic N) is 1. The Balaban J connectivity index is 1.34. The molecule has 1 aromatic heterocycles. The Morgan fingerprint density at radius 3 is 2.44 bits per heavy atom. The number of hydrogen-bond acceptors (Lipinski definition) is 8. The Hall–Kier alpha value is -4.74. The summed E-state index contributed by atoms with van der Waals surface area (Å²) in [5, 5.41) is 10.4. The van der Waals surface area contributed by atoms with Crippen molar-refractivity contribution in [2.45, 2.75) is 25.2 Å². The third kappa shape index (κ3) is 9.94. The van der Waals surface area contributed by atoms with E-state index >= 15 is 0 Å². The Morgan fingerprint density at radius 1 is 0.953 bits per heavy atom. The van der Waals surface area contributed by atoms with Crippen molar-refractivity contribution in [2.24, 2.45) is 0 Å². The molecular formula is C32H30N4O5S2. The quantitative estimate of drug-likeness (QED) is 0.106. The van der Waals surface area contributed by atoms with Gasteiger partial charge in [-0.15, -0.1) is 23.1 Å². The summed E-state index contributed by atoms with van der Waals surface area (Å²) in [6, 6.07) is 23.3. The van der Waals surface area contributed by atoms with Gasteiger partial charge in [0.15, 0.2) is 5.13 Å². The van der Waals surface area contributed by atoms with Crippen molar-refractivity contribution in [1.29, 1.82) is 0 Å². The van der Waals surface area contributed by atoms with E-state index in [1.807, 2.05) is 37.3 Å². The average Bonchev–Trinajstić information content (AvgIpc) is 3.43. The highest BCUT2D eigenvalue weighted by Gasteiger charge is 2.16. The maximum absolute atomic E-state index is 13.3. The van der Waals surface area contributed by atoms with E-state index in [1.165, 1.54) is 23.1 Å². The molecule has 3 amide bonds. The molecule has 0 atom stereocenters. The van der Waals surface area contributed by atoms with Crippen LogP contribution in [-0.4, -0.2) is 41.0 Å². The Bertz CT molecular complexity index is 1620. The number of thioether (sulfide) groups is 1. The number of thiazole rings is 1. The predicted molar refractivity (Wildman–Crippen MR) is 170 cm³/mol. The molecule has 4 rings (SSSR count). The van der Waals surface area contributed by atoms with Gasteiger partial charge in [-0.2, -0.15) is 0 Å². The standard InChI is InChI=1S/C32H30N4O5S2/c1-3-41-29(38)18-25-19-43-32(34-25)36-28(37)20-42-26-14-12-24(13-15-26)33-31(40)27(17-22-9-7-8-21(2)16-22)35-30(39)23-10-5-4-6-11-23/h4-17,19H,3,18,20H2,1-2H3,(H,33,40)(H,35,39)(H,34,36,37)/b27-17-. The van der Waals surface area contributed by atoms with Crippen LogP contribution in [0.4, 0.5) is 10.8 Å². The smallest absolute Gasteiger partial charge is 0.311 e. The summed E-state index contributed by atoms with van der Waals surface area (Å²) in [4.78, 5) is 55.2. The molecule has 220 valence electrons. The van der Waals surface area contributed by atoms with Crippen LogP contribution in [0.3, 0.4) is 0 Å². The highest BCUT2D eigenvalue weighted by Crippen LogP contribution is 2.22. The molecular weight excluding hydrogens is 585 g/mol. The minimum Gasteiger partial charge on any atom is -0.466 e. The van der Waals surface area contributed by atoms with E-state index in [9.17, 15) is 19.2 Å². The minimum atomic E-state index is -0.476. The summed E-state index contributed by atoms with van der Waals surface area (Å²) < 4.78 is 4.92. The first-order chi connectivity index (χ1) is 20.8. The van der Waals surface area contributed by atoms with Crippen LogP contribution < -0.4 is 16.0 Å². The summed E-state index contributed by atoms with van der Waals surface area (Å²) in [7, 11) is 0. The van der Waals surface area contributed by atoms with Gasteiger partial charge >= 0.3 is 5.97 Å². The van der Waals surface area contributed by atoms with Gasteiger partial charge in [-0.05, 0) is 61.9 Å². The van der Waals surface area contributed by atoms with Crippen LogP contribution in [-0.2, 0) is 25.5 Å². The number of amides is 3. The third-order valence-electron chi connectivity index (χ3n) is 5.79. The molecule has 1 heterocycles. The molecule has 0 aliphatic rings. The number of anilines is 2. The Labute approximate surface area is 257 Å². The van der Waals surface area contributed by atoms with E-state index in [0.29, 0.717) is 28.7 Å². The van der Waals surface area contributed by atoms with Gasteiger partial charge in [0.2, 0.25) is 5.91 Å². The van der Waals surface area contributed by atoms with Gasteiger partial charge in [0.1, 0.15) is 5.70 Å². The zero-order valence-electron chi connectivity index (χ0n) is 23.6. The van der Waals surface area contributed by atoms with Crippen LogP contribution >= 0.6 is 23.1 Å². The van der Waals surface area contributed by atoms with Crippen molar-refractivity contribution in [1.82, 2.24) is 10.3 Å².